The zero-order chi connectivity index (χ0) is 82.2. The monoisotopic (exact) mass is 1620 g/mol. The van der Waals surface area contributed by atoms with Gasteiger partial charge < -0.3 is 55.6 Å². The van der Waals surface area contributed by atoms with Gasteiger partial charge in [-0.15, -0.1) is 0 Å². The largest absolute Gasteiger partial charge is 0.406 e. The van der Waals surface area contributed by atoms with E-state index in [9.17, 15) is 87.8 Å². The second-order valence-electron chi connectivity index (χ2n) is 29.5. The number of amides is 9. The summed E-state index contributed by atoms with van der Waals surface area (Å²) in [5, 5.41) is 20.6. The number of nitrogens with zero attached hydrogens (tertiary/aromatic N) is 12. The number of carbonyl (C=O) groups excluding carboxylic acids is 6. The van der Waals surface area contributed by atoms with Gasteiger partial charge in [0.15, 0.2) is 51.8 Å². The number of hydrogen-bond donors (Lipinski definition) is 8. The minimum Gasteiger partial charge on any atom is -0.394 e. The molecule has 30 nitrogen and oxygen atoms in total. The Kier molecular flexibility index (Phi) is 25.6. The van der Waals surface area contributed by atoms with Gasteiger partial charge in [-0.3, -0.25) is 47.9 Å². The average Bonchev–Trinajstić information content (AvgIpc) is 1.52. The first-order valence-electron chi connectivity index (χ1n) is 38.1. The molecule has 6 aromatic heterocycles. The highest BCUT2D eigenvalue weighted by Crippen LogP contribution is 2.35. The molecule has 6 fully saturated rings. The van der Waals surface area contributed by atoms with Crippen LogP contribution in [0.2, 0.25) is 0 Å². The Balaban J connectivity index is 0.000000152. The molecule has 0 radical (unpaired) electrons. The minimum absolute atomic E-state index is 0.0170. The first-order valence-corrected chi connectivity index (χ1v) is 38.1. The number of H-pyrrole nitrogens is 3. The number of hydrogen-bond acceptors (Lipinski definition) is 15. The molecule has 39 heteroatoms. The lowest BCUT2D eigenvalue weighted by Gasteiger charge is -2.39. The number of ether oxygens (including phenoxy) is 1. The van der Waals surface area contributed by atoms with Gasteiger partial charge in [0.05, 0.1) is 35.8 Å². The summed E-state index contributed by atoms with van der Waals surface area (Å²) in [6, 6.07) is 16.4. The summed E-state index contributed by atoms with van der Waals surface area (Å²) >= 11 is 0. The molecule has 0 spiro atoms. The van der Waals surface area contributed by atoms with E-state index in [1.807, 2.05) is 12.1 Å². The highest BCUT2D eigenvalue weighted by Gasteiger charge is 2.43. The van der Waals surface area contributed by atoms with Crippen LogP contribution in [-0.4, -0.2) is 243 Å². The van der Waals surface area contributed by atoms with E-state index in [2.05, 4.69) is 51.2 Å². The van der Waals surface area contributed by atoms with Crippen LogP contribution < -0.4 is 38.3 Å². The molecule has 618 valence electrons. The lowest BCUT2D eigenvalue weighted by atomic mass is 9.87. The summed E-state index contributed by atoms with van der Waals surface area (Å²) in [6.07, 6.45) is 3.83. The summed E-state index contributed by atoms with van der Waals surface area (Å²) in [7, 11) is 1.52. The normalized spacial score (nSPS) is 21.1. The number of fused-ring (bicyclic) bond motifs is 3. The van der Waals surface area contributed by atoms with E-state index in [1.165, 1.54) is 58.2 Å². The van der Waals surface area contributed by atoms with Crippen molar-refractivity contribution in [1.29, 1.82) is 0 Å². The molecule has 6 atom stereocenters. The van der Waals surface area contributed by atoms with Gasteiger partial charge in [-0.1, -0.05) is 36.4 Å². The molecule has 12 heterocycles. The Morgan fingerprint density at radius 3 is 1.42 bits per heavy atom. The van der Waals surface area contributed by atoms with Crippen LogP contribution >= 0.6 is 0 Å². The molecule has 6 aliphatic heterocycles. The Labute approximate surface area is 655 Å². The maximum atomic E-state index is 14.6. The molecule has 0 bridgehead atoms. The lowest BCUT2D eigenvalue weighted by Crippen LogP contribution is -2.57. The zero-order valence-electron chi connectivity index (χ0n) is 62.9. The van der Waals surface area contributed by atoms with Gasteiger partial charge in [-0.05, 0) is 124 Å². The summed E-state index contributed by atoms with van der Waals surface area (Å²) in [4.78, 5) is 145. The van der Waals surface area contributed by atoms with E-state index in [4.69, 9.17) is 4.74 Å². The number of methoxy groups -OCH3 is 1. The van der Waals surface area contributed by atoms with E-state index < -0.39 is 120 Å². The maximum Gasteiger partial charge on any atom is 0.406 e. The van der Waals surface area contributed by atoms with Gasteiger partial charge in [-0.2, -0.15) is 13.2 Å². The third-order valence-electron chi connectivity index (χ3n) is 22.3. The lowest BCUT2D eigenvalue weighted by molar-refractivity contribution is -0.161. The molecule has 3 aromatic carbocycles. The van der Waals surface area contributed by atoms with Crippen molar-refractivity contribution >= 4 is 69.3 Å². The Hall–Kier alpha value is -11.6. The second-order valence-corrected chi connectivity index (χ2v) is 29.5. The highest BCUT2D eigenvalue weighted by molar-refractivity contribution is 5.90. The quantitative estimate of drug-likeness (QED) is 0.0491. The molecule has 116 heavy (non-hydrogen) atoms. The number of piperidine rings is 4. The third kappa shape index (κ3) is 18.5. The number of aliphatic hydroxyl groups is 1. The summed E-state index contributed by atoms with van der Waals surface area (Å²) < 4.78 is 135. The molecule has 15 rings (SSSR count). The van der Waals surface area contributed by atoms with Crippen LogP contribution in [0, 0.1) is 34.9 Å². The number of likely N-dealkylation sites (tertiary alicyclic amines) is 4. The van der Waals surface area contributed by atoms with E-state index in [-0.39, 0.29) is 136 Å². The van der Waals surface area contributed by atoms with Gasteiger partial charge >= 0.3 is 41.3 Å². The summed E-state index contributed by atoms with van der Waals surface area (Å²) in [6.45, 7) is 0.145. The Morgan fingerprint density at radius 1 is 0.509 bits per heavy atom. The molecular weight excluding hydrogens is 1540 g/mol. The molecule has 6 saturated heterocycles. The van der Waals surface area contributed by atoms with Crippen molar-refractivity contribution in [2.75, 3.05) is 98.9 Å². The van der Waals surface area contributed by atoms with E-state index in [1.54, 1.807) is 66.4 Å². The number of nitrogens with one attached hydrogen (secondary N) is 7. The number of aromatic amines is 3. The number of benzene rings is 3. The van der Waals surface area contributed by atoms with Crippen LogP contribution in [0.5, 0.6) is 0 Å². The van der Waals surface area contributed by atoms with Crippen LogP contribution in [0.3, 0.4) is 0 Å². The van der Waals surface area contributed by atoms with Gasteiger partial charge in [0, 0.05) is 140 Å². The van der Waals surface area contributed by atoms with Gasteiger partial charge in [0.25, 0.3) is 0 Å². The first kappa shape index (κ1) is 82.4. The predicted octanol–water partition coefficient (Wildman–Crippen LogP) is 6.78. The number of rotatable bonds is 15. The van der Waals surface area contributed by atoms with E-state index in [0.29, 0.717) is 97.6 Å². The smallest absolute Gasteiger partial charge is 0.394 e. The third-order valence-corrected chi connectivity index (χ3v) is 22.3. The molecular formula is C77H86F9N19O11. The fourth-order valence-corrected chi connectivity index (χ4v) is 16.4. The van der Waals surface area contributed by atoms with Crippen molar-refractivity contribution in [2.45, 2.75) is 125 Å². The first-order chi connectivity index (χ1) is 55.7. The number of carbonyl (C=O) groups is 6. The number of aliphatic hydroxyl groups excluding tert-OH is 1. The van der Waals surface area contributed by atoms with Crippen molar-refractivity contribution in [3.63, 3.8) is 0 Å². The van der Waals surface area contributed by atoms with Crippen molar-refractivity contribution < 1.29 is 78.1 Å². The standard InChI is InChI=1S/C26H28F5N7O3.C26H30F2N6O4.C25H28F2N6O4/c27-18-4-1-3-16(21(18)28)13-35-11-12-37(15-26(29,30)31)23(39)19(14-35)33-24(40)36-9-6-17(7-10-36)38-20-5-2-8-32-22(20)34-25(38)41;1-38-13-12-33-15-16(18-4-2-5-19(27)22(18)28)14-20(24(33)35)30-25(36)32-10-7-17(8-11-32)34-21-6-3-9-29-23(21)31-26(34)37;26-17-4-1-3-16(21(17)27)15-6-7-18(23(35)29-19(15)13-34)30-24(36)32-11-8-14(9-12-32)33-20-5-2-10-28-22(20)31-25(33)37/h1-5,8,17,19H,6-7,9-15H2,(H,33,40)(H,32,34,41);2-6,9,16-17,20H,7-8,10-15H2,1H3,(H,30,36)(H,29,31,37);1-5,10,14-15,18-19,34H,6-9,11-13H2,(H,29,35)(H,30,36)(H,28,31,37)/t19-;;15-,18+,19?/m1.0/s1. The molecule has 0 saturated carbocycles. The number of halogens is 9. The van der Waals surface area contributed by atoms with Crippen molar-refractivity contribution in [1.82, 2.24) is 94.3 Å². The Morgan fingerprint density at radius 2 is 0.948 bits per heavy atom. The molecule has 9 aromatic rings. The van der Waals surface area contributed by atoms with E-state index >= 15 is 0 Å². The van der Waals surface area contributed by atoms with Crippen molar-refractivity contribution in [3.05, 3.63) is 193 Å². The topological polar surface area (TPSA) is 351 Å². The number of pyridine rings is 3. The molecule has 3 unspecified atom stereocenters. The summed E-state index contributed by atoms with van der Waals surface area (Å²) in [5.74, 6) is -8.84. The van der Waals surface area contributed by atoms with Crippen molar-refractivity contribution in [3.8, 4) is 0 Å². The van der Waals surface area contributed by atoms with Crippen LogP contribution in [0.1, 0.15) is 104 Å². The van der Waals surface area contributed by atoms with Gasteiger partial charge in [-0.25, -0.2) is 70.1 Å². The van der Waals surface area contributed by atoms with Crippen LogP contribution in [0.15, 0.2) is 124 Å². The van der Waals surface area contributed by atoms with E-state index in [0.717, 1.165) is 23.7 Å². The SMILES string of the molecule is COCCN1CC(c2cccc(F)c2F)CC(NC(=O)N2CCC(n3c(=O)[nH]c4ncccc43)CC2)C1=O.O=C(N[C@@H]1CN(Cc2cccc(F)c2F)CCN(CC(F)(F)F)C1=O)N1CCC(n2c(=O)[nH]c3ncccc32)CC1.O=C1NC(CO)[C@H](c2cccc(F)c2F)CC[C@H]1NC(=O)N1CCC(n2c(=O)[nH]c3ncccc32)CC1. The number of urea groups is 3. The Bertz CT molecular complexity index is 5250. The predicted molar refractivity (Wildman–Crippen MR) is 401 cm³/mol. The van der Waals surface area contributed by atoms with Crippen molar-refractivity contribution in [2.24, 2.45) is 0 Å². The van der Waals surface area contributed by atoms with Crippen LogP contribution in [-0.2, 0) is 25.7 Å². The average molecular weight is 1620 g/mol. The van der Waals surface area contributed by atoms with Gasteiger partial charge in [0.2, 0.25) is 17.7 Å². The fraction of sp³-hybridized carbons (Fsp3) is 0.455. The molecule has 8 N–H and O–H groups in total. The number of imidazole rings is 3. The zero-order valence-corrected chi connectivity index (χ0v) is 62.9. The molecule has 9 amide bonds. The second kappa shape index (κ2) is 36.1. The van der Waals surface area contributed by atoms with Crippen LogP contribution in [0.4, 0.5) is 53.9 Å². The number of alkyl halides is 3. The number of aromatic nitrogens is 9. The van der Waals surface area contributed by atoms with Gasteiger partial charge in [0.1, 0.15) is 24.7 Å². The summed E-state index contributed by atoms with van der Waals surface area (Å²) in [5.41, 5.74) is 3.03. The molecule has 6 aliphatic rings. The fourth-order valence-electron chi connectivity index (χ4n) is 16.4. The minimum atomic E-state index is -4.66. The van der Waals surface area contributed by atoms with Crippen LogP contribution in [0.25, 0.3) is 33.5 Å². The maximum absolute atomic E-state index is 14.6. The highest BCUT2D eigenvalue weighted by atomic mass is 19.4. The molecule has 0 aliphatic carbocycles.